The van der Waals surface area contributed by atoms with Gasteiger partial charge in [0, 0.05) is 14.1 Å². The van der Waals surface area contributed by atoms with E-state index in [-0.39, 0.29) is 18.5 Å². The fourth-order valence-corrected chi connectivity index (χ4v) is 1.05. The lowest BCUT2D eigenvalue weighted by Crippen LogP contribution is -2.34. The fraction of sp³-hybridized carbons (Fsp3) is 0.667. The van der Waals surface area contributed by atoms with Crippen LogP contribution in [0.15, 0.2) is 0 Å². The summed E-state index contributed by atoms with van der Waals surface area (Å²) in [6, 6.07) is -1.05. The Labute approximate surface area is 64.2 Å². The summed E-state index contributed by atoms with van der Waals surface area (Å²) in [6.07, 6.45) is 0. The number of imide groups is 1. The predicted octanol–water partition coefficient (Wildman–Crippen LogP) is -1.13. The summed E-state index contributed by atoms with van der Waals surface area (Å²) in [5, 5.41) is 8.70. The van der Waals surface area contributed by atoms with Gasteiger partial charge in [0.1, 0.15) is 6.04 Å². The van der Waals surface area contributed by atoms with Crippen molar-refractivity contribution in [1.82, 2.24) is 9.80 Å². The number of amides is 3. The summed E-state index contributed by atoms with van der Waals surface area (Å²) in [5.74, 6) is -0.347. The molecule has 1 N–H and O–H groups in total. The van der Waals surface area contributed by atoms with E-state index in [1.807, 2.05) is 0 Å². The van der Waals surface area contributed by atoms with Crippen LogP contribution in [0.25, 0.3) is 0 Å². The molecule has 0 aromatic carbocycles. The normalized spacial score (nSPS) is 25.2. The minimum atomic E-state index is -0.688. The van der Waals surface area contributed by atoms with E-state index >= 15 is 0 Å². The molecule has 0 saturated carbocycles. The van der Waals surface area contributed by atoms with E-state index < -0.39 is 6.04 Å². The van der Waals surface area contributed by atoms with Crippen LogP contribution in [-0.2, 0) is 4.79 Å². The molecule has 1 saturated heterocycles. The maximum Gasteiger partial charge on any atom is 0.326 e. The lowest BCUT2D eigenvalue weighted by atomic mass is 10.3. The molecule has 0 aromatic heterocycles. The molecule has 1 fully saturated rings. The highest BCUT2D eigenvalue weighted by Crippen LogP contribution is 2.12. The molecule has 5 heteroatoms. The minimum Gasteiger partial charge on any atom is -0.394 e. The summed E-state index contributed by atoms with van der Waals surface area (Å²) in [5.41, 5.74) is 0. The van der Waals surface area contributed by atoms with Crippen LogP contribution in [0.3, 0.4) is 0 Å². The Kier molecular flexibility index (Phi) is 1.82. The average Bonchev–Trinajstić information content (AvgIpc) is 2.17. The van der Waals surface area contributed by atoms with Gasteiger partial charge in [0.25, 0.3) is 5.91 Å². The number of hydrogen-bond acceptors (Lipinski definition) is 3. The zero-order valence-electron chi connectivity index (χ0n) is 6.44. The summed E-state index contributed by atoms with van der Waals surface area (Å²) in [7, 11) is 2.89. The van der Waals surface area contributed by atoms with Crippen LogP contribution >= 0.6 is 0 Å². The monoisotopic (exact) mass is 158 g/mol. The molecule has 11 heavy (non-hydrogen) atoms. The lowest BCUT2D eigenvalue weighted by molar-refractivity contribution is -0.128. The molecule has 1 heterocycles. The molecule has 1 atom stereocenters. The van der Waals surface area contributed by atoms with Gasteiger partial charge < -0.3 is 10.0 Å². The number of aliphatic hydroxyl groups is 1. The molecule has 62 valence electrons. The van der Waals surface area contributed by atoms with Gasteiger partial charge in [-0.15, -0.1) is 0 Å². The van der Waals surface area contributed by atoms with Crippen LogP contribution in [0.5, 0.6) is 0 Å². The van der Waals surface area contributed by atoms with Crippen molar-refractivity contribution in [3.05, 3.63) is 0 Å². The Morgan fingerprint density at radius 2 is 2.00 bits per heavy atom. The van der Waals surface area contributed by atoms with E-state index in [4.69, 9.17) is 5.11 Å². The molecule has 1 rings (SSSR count). The lowest BCUT2D eigenvalue weighted by Gasteiger charge is -2.12. The predicted molar refractivity (Wildman–Crippen MR) is 36.8 cm³/mol. The van der Waals surface area contributed by atoms with Crippen LogP contribution in [0.1, 0.15) is 0 Å². The molecule has 0 aliphatic carbocycles. The highest BCUT2D eigenvalue weighted by atomic mass is 16.3. The Morgan fingerprint density at radius 3 is 2.18 bits per heavy atom. The number of rotatable bonds is 1. The molecule has 1 unspecified atom stereocenters. The third-order valence-electron chi connectivity index (χ3n) is 1.84. The van der Waals surface area contributed by atoms with Crippen LogP contribution in [0.4, 0.5) is 4.79 Å². The van der Waals surface area contributed by atoms with Gasteiger partial charge in [0.2, 0.25) is 0 Å². The Bertz CT molecular complexity index is 204. The molecule has 5 nitrogen and oxygen atoms in total. The van der Waals surface area contributed by atoms with E-state index in [1.165, 1.54) is 19.0 Å². The van der Waals surface area contributed by atoms with Gasteiger partial charge >= 0.3 is 6.03 Å². The first-order valence-electron chi connectivity index (χ1n) is 3.24. The Hall–Kier alpha value is -1.10. The third-order valence-corrected chi connectivity index (χ3v) is 1.84. The summed E-state index contributed by atoms with van der Waals surface area (Å²) >= 11 is 0. The molecule has 3 amide bonds. The zero-order chi connectivity index (χ0) is 8.59. The maximum atomic E-state index is 11.1. The third kappa shape index (κ3) is 0.970. The number of aliphatic hydroxyl groups excluding tert-OH is 1. The first-order valence-corrected chi connectivity index (χ1v) is 3.24. The van der Waals surface area contributed by atoms with E-state index in [0.717, 1.165) is 4.90 Å². The summed E-state index contributed by atoms with van der Waals surface area (Å²) in [4.78, 5) is 24.3. The number of hydrogen-bond donors (Lipinski definition) is 1. The molecule has 0 aromatic rings. The van der Waals surface area contributed by atoms with Crippen LogP contribution < -0.4 is 0 Å². The molecule has 1 aliphatic rings. The van der Waals surface area contributed by atoms with Crippen molar-refractivity contribution in [1.29, 1.82) is 0 Å². The topological polar surface area (TPSA) is 60.9 Å². The highest BCUT2D eigenvalue weighted by molar-refractivity contribution is 6.03. The first kappa shape index (κ1) is 8.00. The van der Waals surface area contributed by atoms with Gasteiger partial charge in [-0.3, -0.25) is 9.69 Å². The van der Waals surface area contributed by atoms with Crippen molar-refractivity contribution in [2.24, 2.45) is 0 Å². The number of urea groups is 1. The number of likely N-dealkylation sites (N-methyl/N-ethyl adjacent to an activating group) is 2. The summed E-state index contributed by atoms with van der Waals surface area (Å²) < 4.78 is 0. The van der Waals surface area contributed by atoms with Gasteiger partial charge in [-0.25, -0.2) is 4.79 Å². The number of nitrogens with zero attached hydrogens (tertiary/aromatic N) is 2. The fourth-order valence-electron chi connectivity index (χ4n) is 1.05. The minimum absolute atomic E-state index is 0.314. The smallest absolute Gasteiger partial charge is 0.326 e. The van der Waals surface area contributed by atoms with E-state index in [1.54, 1.807) is 0 Å². The number of carbonyl (C=O) groups is 2. The molecule has 0 radical (unpaired) electrons. The average molecular weight is 158 g/mol. The molecule has 0 spiro atoms. The highest BCUT2D eigenvalue weighted by Gasteiger charge is 2.39. The van der Waals surface area contributed by atoms with Crippen molar-refractivity contribution >= 4 is 11.9 Å². The van der Waals surface area contributed by atoms with E-state index in [9.17, 15) is 9.59 Å². The van der Waals surface area contributed by atoms with Gasteiger partial charge in [-0.2, -0.15) is 0 Å². The van der Waals surface area contributed by atoms with Crippen molar-refractivity contribution in [2.75, 3.05) is 20.7 Å². The first-order chi connectivity index (χ1) is 5.09. The van der Waals surface area contributed by atoms with Crippen molar-refractivity contribution in [3.8, 4) is 0 Å². The van der Waals surface area contributed by atoms with Crippen LogP contribution in [0.2, 0.25) is 0 Å². The molecular weight excluding hydrogens is 148 g/mol. The Balaban J connectivity index is 2.86. The van der Waals surface area contributed by atoms with Crippen molar-refractivity contribution < 1.29 is 14.7 Å². The number of carbonyl (C=O) groups excluding carboxylic acids is 2. The summed E-state index contributed by atoms with van der Waals surface area (Å²) in [6.45, 7) is -0.314. The molecule has 1 aliphatic heterocycles. The second-order valence-electron chi connectivity index (χ2n) is 2.49. The van der Waals surface area contributed by atoms with E-state index in [0.29, 0.717) is 0 Å². The standard InChI is InChI=1S/C6H10N2O3/c1-7-4(3-9)5(10)8(2)6(7)11/h4,9H,3H2,1-2H3. The van der Waals surface area contributed by atoms with Crippen LogP contribution in [0, 0.1) is 0 Å². The zero-order valence-corrected chi connectivity index (χ0v) is 6.44. The SMILES string of the molecule is CN1C(=O)C(CO)N(C)C1=O. The van der Waals surface area contributed by atoms with Crippen LogP contribution in [-0.4, -0.2) is 53.6 Å². The second-order valence-corrected chi connectivity index (χ2v) is 2.49. The maximum absolute atomic E-state index is 11.1. The molecule has 0 bridgehead atoms. The van der Waals surface area contributed by atoms with Crippen molar-refractivity contribution in [3.63, 3.8) is 0 Å². The molecular formula is C6H10N2O3. The van der Waals surface area contributed by atoms with Gasteiger partial charge in [0.15, 0.2) is 0 Å². The van der Waals surface area contributed by atoms with Gasteiger partial charge in [-0.05, 0) is 0 Å². The quantitative estimate of drug-likeness (QED) is 0.491. The Morgan fingerprint density at radius 1 is 1.45 bits per heavy atom. The van der Waals surface area contributed by atoms with Gasteiger partial charge in [0.05, 0.1) is 6.61 Å². The van der Waals surface area contributed by atoms with E-state index in [2.05, 4.69) is 0 Å². The largest absolute Gasteiger partial charge is 0.394 e. The van der Waals surface area contributed by atoms with Crippen molar-refractivity contribution in [2.45, 2.75) is 6.04 Å². The second kappa shape index (κ2) is 2.50. The van der Waals surface area contributed by atoms with Gasteiger partial charge in [-0.1, -0.05) is 0 Å².